The van der Waals surface area contributed by atoms with Crippen LogP contribution in [-0.2, 0) is 16.0 Å². The van der Waals surface area contributed by atoms with Crippen molar-refractivity contribution in [3.8, 4) is 0 Å². The Balaban J connectivity index is 1.20. The Hall–Kier alpha value is -3.72. The average Bonchev–Trinajstić information content (AvgIpc) is 2.95. The fraction of sp³-hybridized carbons (Fsp3) is 0.448. The van der Waals surface area contributed by atoms with Crippen molar-refractivity contribution in [1.29, 1.82) is 0 Å². The summed E-state index contributed by atoms with van der Waals surface area (Å²) in [4.78, 5) is 55.6. The third-order valence-electron chi connectivity index (χ3n) is 8.04. The molecule has 9 heteroatoms. The first-order valence-corrected chi connectivity index (χ1v) is 13.4. The molecule has 9 nitrogen and oxygen atoms in total. The predicted molar refractivity (Wildman–Crippen MR) is 141 cm³/mol. The monoisotopic (exact) mass is 518 g/mol. The molecule has 3 aliphatic heterocycles. The second-order valence-corrected chi connectivity index (χ2v) is 10.4. The molecule has 0 aliphatic carbocycles. The van der Waals surface area contributed by atoms with Gasteiger partial charge in [-0.3, -0.25) is 9.59 Å². The van der Waals surface area contributed by atoms with Crippen LogP contribution in [-0.4, -0.2) is 88.9 Å². The largest absolute Gasteiger partial charge is 0.480 e. The molecule has 0 aromatic heterocycles. The number of amides is 4. The smallest absolute Gasteiger partial charge is 0.327 e. The maximum Gasteiger partial charge on any atom is 0.327 e. The maximum absolute atomic E-state index is 13.4. The second-order valence-electron chi connectivity index (χ2n) is 10.4. The molecule has 3 aliphatic rings. The van der Waals surface area contributed by atoms with Gasteiger partial charge in [0.2, 0.25) is 5.91 Å². The topological polar surface area (TPSA) is 110 Å². The molecule has 4 amide bonds. The Morgan fingerprint density at radius 2 is 1.50 bits per heavy atom. The molecule has 2 aromatic rings. The number of hydrogen-bond acceptors (Lipinski definition) is 5. The number of carboxylic acid groups (broad SMARTS) is 1. The molecule has 2 aromatic carbocycles. The van der Waals surface area contributed by atoms with E-state index < -0.39 is 29.9 Å². The Kier molecular flexibility index (Phi) is 7.74. The lowest BCUT2D eigenvalue weighted by molar-refractivity contribution is -0.167. The van der Waals surface area contributed by atoms with Crippen molar-refractivity contribution >= 4 is 23.8 Å². The zero-order valence-corrected chi connectivity index (χ0v) is 21.4. The Morgan fingerprint density at radius 1 is 0.868 bits per heavy atom. The minimum absolute atomic E-state index is 0.0888. The normalized spacial score (nSPS) is 22.2. The molecule has 2 atom stereocenters. The number of hydrogen-bond donors (Lipinski definition) is 2. The Labute approximate surface area is 222 Å². The number of imide groups is 1. The number of likely N-dealkylation sites (tertiary alicyclic amines) is 1. The van der Waals surface area contributed by atoms with Gasteiger partial charge in [0.25, 0.3) is 5.91 Å². The summed E-state index contributed by atoms with van der Waals surface area (Å²) in [6, 6.07) is 15.9. The fourth-order valence-corrected chi connectivity index (χ4v) is 5.87. The molecule has 0 bridgehead atoms. The van der Waals surface area contributed by atoms with Crippen LogP contribution in [0.4, 0.5) is 4.79 Å². The van der Waals surface area contributed by atoms with Crippen LogP contribution in [0.15, 0.2) is 54.6 Å². The van der Waals surface area contributed by atoms with Crippen molar-refractivity contribution in [2.24, 2.45) is 11.8 Å². The summed E-state index contributed by atoms with van der Waals surface area (Å²) < 4.78 is 0. The van der Waals surface area contributed by atoms with E-state index in [9.17, 15) is 24.3 Å². The lowest BCUT2D eigenvalue weighted by Gasteiger charge is -2.47. The third kappa shape index (κ3) is 5.29. The molecular formula is C29H34N4O5. The van der Waals surface area contributed by atoms with Gasteiger partial charge in [0.15, 0.2) is 6.04 Å². The number of carbonyl (C=O) groups is 4. The van der Waals surface area contributed by atoms with Crippen molar-refractivity contribution in [2.45, 2.75) is 31.7 Å². The summed E-state index contributed by atoms with van der Waals surface area (Å²) in [5.74, 6) is -1.98. The first-order chi connectivity index (χ1) is 18.4. The summed E-state index contributed by atoms with van der Waals surface area (Å²) in [6.07, 6.45) is 2.97. The highest BCUT2D eigenvalue weighted by Crippen LogP contribution is 2.35. The lowest BCUT2D eigenvalue weighted by atomic mass is 9.78. The zero-order chi connectivity index (χ0) is 26.6. The molecule has 0 saturated carbocycles. The van der Waals surface area contributed by atoms with Gasteiger partial charge in [0.1, 0.15) is 0 Å². The summed E-state index contributed by atoms with van der Waals surface area (Å²) in [5.41, 5.74) is 2.70. The number of carboxylic acids is 1. The molecule has 2 N–H and O–H groups in total. The number of benzene rings is 2. The Morgan fingerprint density at radius 3 is 2.18 bits per heavy atom. The number of nitrogens with one attached hydrogen (secondary N) is 1. The van der Waals surface area contributed by atoms with E-state index in [1.165, 1.54) is 4.90 Å². The van der Waals surface area contributed by atoms with Gasteiger partial charge in [0, 0.05) is 31.7 Å². The van der Waals surface area contributed by atoms with E-state index in [1.54, 1.807) is 4.90 Å². The van der Waals surface area contributed by atoms with Crippen molar-refractivity contribution in [3.05, 3.63) is 71.3 Å². The third-order valence-corrected chi connectivity index (χ3v) is 8.04. The first-order valence-electron chi connectivity index (χ1n) is 13.4. The van der Waals surface area contributed by atoms with Gasteiger partial charge in [-0.2, -0.15) is 0 Å². The number of carbonyl (C=O) groups excluding carboxylic acids is 3. The van der Waals surface area contributed by atoms with E-state index in [0.29, 0.717) is 37.4 Å². The number of rotatable bonds is 6. The van der Waals surface area contributed by atoms with E-state index in [2.05, 4.69) is 5.32 Å². The Bertz CT molecular complexity index is 1190. The molecule has 38 heavy (non-hydrogen) atoms. The van der Waals surface area contributed by atoms with E-state index in [4.69, 9.17) is 0 Å². The van der Waals surface area contributed by atoms with Crippen LogP contribution in [0.3, 0.4) is 0 Å². The molecule has 5 rings (SSSR count). The molecule has 0 unspecified atom stereocenters. The van der Waals surface area contributed by atoms with E-state index >= 15 is 0 Å². The zero-order valence-electron chi connectivity index (χ0n) is 21.4. The molecule has 0 spiro atoms. The van der Waals surface area contributed by atoms with Gasteiger partial charge in [-0.15, -0.1) is 0 Å². The number of urea groups is 1. The standard InChI is InChI=1S/C29H34N4O5/c34-26(23-9-5-4-8-22(23)18-20-6-2-1-3-7-20)31-14-16-32(17-15-31)29(38)33-25(28(36)37)24(27(33)35)19-21-10-12-30-13-11-21/h1-9,21,24-25,30H,10-19H2,(H,36,37)/t24-,25+/m1/s1. The summed E-state index contributed by atoms with van der Waals surface area (Å²) in [6.45, 7) is 2.88. The average molecular weight is 519 g/mol. The highest BCUT2D eigenvalue weighted by atomic mass is 16.4. The molecule has 3 heterocycles. The second kappa shape index (κ2) is 11.3. The highest BCUT2D eigenvalue weighted by Gasteiger charge is 2.56. The van der Waals surface area contributed by atoms with Crippen LogP contribution in [0.1, 0.15) is 40.7 Å². The van der Waals surface area contributed by atoms with Gasteiger partial charge in [0.05, 0.1) is 5.92 Å². The van der Waals surface area contributed by atoms with Crippen LogP contribution in [0.2, 0.25) is 0 Å². The number of piperidine rings is 1. The summed E-state index contributed by atoms with van der Waals surface area (Å²) in [7, 11) is 0. The molecule has 200 valence electrons. The van der Waals surface area contributed by atoms with E-state index in [0.717, 1.165) is 42.0 Å². The van der Waals surface area contributed by atoms with Gasteiger partial charge in [-0.05, 0) is 61.9 Å². The van der Waals surface area contributed by atoms with Crippen molar-refractivity contribution in [2.75, 3.05) is 39.3 Å². The van der Waals surface area contributed by atoms with Crippen LogP contribution < -0.4 is 5.32 Å². The highest BCUT2D eigenvalue weighted by molar-refractivity contribution is 6.07. The van der Waals surface area contributed by atoms with Gasteiger partial charge in [-0.25, -0.2) is 14.5 Å². The predicted octanol–water partition coefficient (Wildman–Crippen LogP) is 2.46. The van der Waals surface area contributed by atoms with Gasteiger partial charge >= 0.3 is 12.0 Å². The lowest BCUT2D eigenvalue weighted by Crippen LogP contribution is -2.69. The molecule has 3 fully saturated rings. The van der Waals surface area contributed by atoms with E-state index in [1.807, 2.05) is 54.6 Å². The van der Waals surface area contributed by atoms with Crippen molar-refractivity contribution in [3.63, 3.8) is 0 Å². The van der Waals surface area contributed by atoms with Gasteiger partial charge in [-0.1, -0.05) is 48.5 Å². The van der Waals surface area contributed by atoms with Crippen LogP contribution in [0.25, 0.3) is 0 Å². The number of β-lactam (4-membered cyclic amide) rings is 1. The number of nitrogens with zero attached hydrogens (tertiary/aromatic N) is 3. The maximum atomic E-state index is 13.4. The quantitative estimate of drug-likeness (QED) is 0.569. The molecule has 3 saturated heterocycles. The molecule has 0 radical (unpaired) electrons. The van der Waals surface area contributed by atoms with Crippen LogP contribution in [0, 0.1) is 11.8 Å². The summed E-state index contributed by atoms with van der Waals surface area (Å²) >= 11 is 0. The molecular weight excluding hydrogens is 484 g/mol. The van der Waals surface area contributed by atoms with E-state index in [-0.39, 0.29) is 19.0 Å². The number of aliphatic carboxylic acids is 1. The van der Waals surface area contributed by atoms with Crippen LogP contribution >= 0.6 is 0 Å². The minimum Gasteiger partial charge on any atom is -0.480 e. The fourth-order valence-electron chi connectivity index (χ4n) is 5.87. The van der Waals surface area contributed by atoms with Crippen molar-refractivity contribution in [1.82, 2.24) is 20.0 Å². The van der Waals surface area contributed by atoms with Crippen molar-refractivity contribution < 1.29 is 24.3 Å². The van der Waals surface area contributed by atoms with Gasteiger partial charge < -0.3 is 20.2 Å². The summed E-state index contributed by atoms with van der Waals surface area (Å²) in [5, 5.41) is 13.1. The van der Waals surface area contributed by atoms with Crippen LogP contribution in [0.5, 0.6) is 0 Å². The number of piperazine rings is 1. The first kappa shape index (κ1) is 25.9. The minimum atomic E-state index is -1.14. The SMILES string of the molecule is O=C(O)[C@@H]1[C@@H](CC2CCNCC2)C(=O)N1C(=O)N1CCN(C(=O)c2ccccc2Cc2ccccc2)CC1.